The Bertz CT molecular complexity index is 125. The third-order valence-corrected chi connectivity index (χ3v) is 1.56. The van der Waals surface area contributed by atoms with Crippen molar-refractivity contribution in [3.63, 3.8) is 0 Å². The quantitative estimate of drug-likeness (QED) is 0.527. The standard InChI is InChI=1S/C8H19N3O/c1-11(2)8(12)4-3-6-10-7-5-9/h10H,3-7,9H2,1-2H3. The summed E-state index contributed by atoms with van der Waals surface area (Å²) in [6, 6.07) is 0. The molecule has 0 saturated carbocycles. The highest BCUT2D eigenvalue weighted by Gasteiger charge is 2.01. The van der Waals surface area contributed by atoms with Crippen LogP contribution >= 0.6 is 0 Å². The number of nitrogens with one attached hydrogen (secondary N) is 1. The lowest BCUT2D eigenvalue weighted by Gasteiger charge is -2.09. The van der Waals surface area contributed by atoms with E-state index in [0.717, 1.165) is 19.5 Å². The number of rotatable bonds is 6. The summed E-state index contributed by atoms with van der Waals surface area (Å²) in [6.45, 7) is 2.36. The molecule has 0 bridgehead atoms. The molecule has 0 aliphatic heterocycles. The fourth-order valence-corrected chi connectivity index (χ4v) is 0.815. The minimum atomic E-state index is 0.185. The first-order chi connectivity index (χ1) is 5.68. The van der Waals surface area contributed by atoms with Gasteiger partial charge < -0.3 is 16.0 Å². The molecule has 0 saturated heterocycles. The van der Waals surface area contributed by atoms with Gasteiger partial charge in [-0.05, 0) is 13.0 Å². The van der Waals surface area contributed by atoms with Gasteiger partial charge in [0.2, 0.25) is 5.91 Å². The lowest BCUT2D eigenvalue weighted by Crippen LogP contribution is -2.26. The van der Waals surface area contributed by atoms with Crippen LogP contribution in [0.1, 0.15) is 12.8 Å². The zero-order valence-corrected chi connectivity index (χ0v) is 7.97. The van der Waals surface area contributed by atoms with E-state index in [1.165, 1.54) is 0 Å². The molecule has 4 heteroatoms. The second kappa shape index (κ2) is 7.06. The van der Waals surface area contributed by atoms with Gasteiger partial charge in [-0.2, -0.15) is 0 Å². The predicted molar refractivity (Wildman–Crippen MR) is 49.9 cm³/mol. The van der Waals surface area contributed by atoms with Gasteiger partial charge in [-0.3, -0.25) is 4.79 Å². The summed E-state index contributed by atoms with van der Waals surface area (Å²) in [7, 11) is 3.55. The number of carbonyl (C=O) groups excluding carboxylic acids is 1. The molecule has 0 rings (SSSR count). The first-order valence-corrected chi connectivity index (χ1v) is 4.29. The average Bonchev–Trinajstić information content (AvgIpc) is 2.03. The van der Waals surface area contributed by atoms with Crippen LogP contribution in [-0.4, -0.2) is 44.5 Å². The highest BCUT2D eigenvalue weighted by molar-refractivity contribution is 5.75. The van der Waals surface area contributed by atoms with Crippen molar-refractivity contribution in [2.45, 2.75) is 12.8 Å². The van der Waals surface area contributed by atoms with E-state index >= 15 is 0 Å². The molecule has 1 amide bonds. The van der Waals surface area contributed by atoms with Crippen LogP contribution in [0.5, 0.6) is 0 Å². The first-order valence-electron chi connectivity index (χ1n) is 4.29. The Morgan fingerprint density at radius 1 is 1.42 bits per heavy atom. The Morgan fingerprint density at radius 3 is 2.58 bits per heavy atom. The zero-order chi connectivity index (χ0) is 9.40. The van der Waals surface area contributed by atoms with Gasteiger partial charge in [0.25, 0.3) is 0 Å². The molecule has 0 aromatic carbocycles. The van der Waals surface area contributed by atoms with Crippen molar-refractivity contribution in [3.05, 3.63) is 0 Å². The van der Waals surface area contributed by atoms with Gasteiger partial charge in [0.1, 0.15) is 0 Å². The van der Waals surface area contributed by atoms with Gasteiger partial charge in [-0.1, -0.05) is 0 Å². The van der Waals surface area contributed by atoms with Crippen LogP contribution in [0.15, 0.2) is 0 Å². The minimum absolute atomic E-state index is 0.185. The van der Waals surface area contributed by atoms with Crippen molar-refractivity contribution in [1.82, 2.24) is 10.2 Å². The summed E-state index contributed by atoms with van der Waals surface area (Å²) in [6.07, 6.45) is 1.50. The van der Waals surface area contributed by atoms with E-state index < -0.39 is 0 Å². The molecule has 0 spiro atoms. The van der Waals surface area contributed by atoms with Crippen molar-refractivity contribution in [3.8, 4) is 0 Å². The Labute approximate surface area is 74.1 Å². The summed E-state index contributed by atoms with van der Waals surface area (Å²) in [5, 5.41) is 3.13. The van der Waals surface area contributed by atoms with Crippen LogP contribution in [0.4, 0.5) is 0 Å². The molecule has 12 heavy (non-hydrogen) atoms. The Hall–Kier alpha value is -0.610. The fourth-order valence-electron chi connectivity index (χ4n) is 0.815. The van der Waals surface area contributed by atoms with Gasteiger partial charge in [0.15, 0.2) is 0 Å². The van der Waals surface area contributed by atoms with Gasteiger partial charge in [-0.25, -0.2) is 0 Å². The zero-order valence-electron chi connectivity index (χ0n) is 7.97. The third kappa shape index (κ3) is 6.12. The highest BCUT2D eigenvalue weighted by Crippen LogP contribution is 1.91. The lowest BCUT2D eigenvalue weighted by atomic mass is 10.3. The van der Waals surface area contributed by atoms with Crippen LogP contribution in [0.3, 0.4) is 0 Å². The molecule has 4 nitrogen and oxygen atoms in total. The molecule has 0 atom stereocenters. The predicted octanol–water partition coefficient (Wildman–Crippen LogP) is -0.597. The summed E-state index contributed by atoms with van der Waals surface area (Å²) in [4.78, 5) is 12.7. The van der Waals surface area contributed by atoms with E-state index in [1.54, 1.807) is 19.0 Å². The lowest BCUT2D eigenvalue weighted by molar-refractivity contribution is -0.128. The second-order valence-corrected chi connectivity index (χ2v) is 2.93. The topological polar surface area (TPSA) is 58.4 Å². The molecule has 0 radical (unpaired) electrons. The maximum Gasteiger partial charge on any atom is 0.222 e. The van der Waals surface area contributed by atoms with E-state index in [1.807, 2.05) is 0 Å². The van der Waals surface area contributed by atoms with Gasteiger partial charge >= 0.3 is 0 Å². The molecule has 0 aliphatic carbocycles. The molecule has 0 unspecified atom stereocenters. The molecular formula is C8H19N3O. The second-order valence-electron chi connectivity index (χ2n) is 2.93. The SMILES string of the molecule is CN(C)C(=O)CCCNCCN. The largest absolute Gasteiger partial charge is 0.349 e. The average molecular weight is 173 g/mol. The van der Waals surface area contributed by atoms with E-state index in [-0.39, 0.29) is 5.91 Å². The van der Waals surface area contributed by atoms with Crippen molar-refractivity contribution < 1.29 is 4.79 Å². The normalized spacial score (nSPS) is 9.92. The fraction of sp³-hybridized carbons (Fsp3) is 0.875. The molecule has 0 aromatic rings. The molecule has 3 N–H and O–H groups in total. The van der Waals surface area contributed by atoms with Crippen LogP contribution in [0.2, 0.25) is 0 Å². The molecule has 0 aliphatic rings. The molecule has 0 aromatic heterocycles. The van der Waals surface area contributed by atoms with Crippen LogP contribution in [0.25, 0.3) is 0 Å². The number of carbonyl (C=O) groups is 1. The van der Waals surface area contributed by atoms with Gasteiger partial charge in [0.05, 0.1) is 0 Å². The van der Waals surface area contributed by atoms with E-state index in [0.29, 0.717) is 13.0 Å². The van der Waals surface area contributed by atoms with Crippen molar-refractivity contribution in [2.75, 3.05) is 33.7 Å². The maximum absolute atomic E-state index is 11.0. The number of hydrogen-bond donors (Lipinski definition) is 2. The van der Waals surface area contributed by atoms with Crippen LogP contribution in [-0.2, 0) is 4.79 Å². The van der Waals surface area contributed by atoms with Gasteiger partial charge in [-0.15, -0.1) is 0 Å². The Morgan fingerprint density at radius 2 is 2.08 bits per heavy atom. The van der Waals surface area contributed by atoms with Crippen molar-refractivity contribution in [2.24, 2.45) is 5.73 Å². The maximum atomic E-state index is 11.0. The number of amides is 1. The monoisotopic (exact) mass is 173 g/mol. The van der Waals surface area contributed by atoms with Crippen molar-refractivity contribution in [1.29, 1.82) is 0 Å². The summed E-state index contributed by atoms with van der Waals surface area (Å²) in [5.74, 6) is 0.185. The third-order valence-electron chi connectivity index (χ3n) is 1.56. The van der Waals surface area contributed by atoms with E-state index in [9.17, 15) is 4.79 Å². The molecule has 0 fully saturated rings. The number of hydrogen-bond acceptors (Lipinski definition) is 3. The highest BCUT2D eigenvalue weighted by atomic mass is 16.2. The van der Waals surface area contributed by atoms with Crippen molar-refractivity contribution >= 4 is 5.91 Å². The first kappa shape index (κ1) is 11.4. The molecule has 72 valence electrons. The van der Waals surface area contributed by atoms with E-state index in [4.69, 9.17) is 5.73 Å². The van der Waals surface area contributed by atoms with Crippen LogP contribution < -0.4 is 11.1 Å². The minimum Gasteiger partial charge on any atom is -0.349 e. The smallest absolute Gasteiger partial charge is 0.222 e. The Kier molecular flexibility index (Phi) is 6.70. The van der Waals surface area contributed by atoms with Crippen LogP contribution in [0, 0.1) is 0 Å². The number of nitrogens with zero attached hydrogens (tertiary/aromatic N) is 1. The Balaban J connectivity index is 3.14. The number of nitrogens with two attached hydrogens (primary N) is 1. The molecule has 0 heterocycles. The summed E-state index contributed by atoms with van der Waals surface area (Å²) < 4.78 is 0. The van der Waals surface area contributed by atoms with Gasteiger partial charge in [0, 0.05) is 33.6 Å². The molecular weight excluding hydrogens is 154 g/mol. The summed E-state index contributed by atoms with van der Waals surface area (Å²) >= 11 is 0. The van der Waals surface area contributed by atoms with E-state index in [2.05, 4.69) is 5.32 Å². The summed E-state index contributed by atoms with van der Waals surface area (Å²) in [5.41, 5.74) is 5.28.